The number of halogens is 2. The Hall–Kier alpha value is -3.03. The third-order valence-corrected chi connectivity index (χ3v) is 5.22. The van der Waals surface area contributed by atoms with E-state index in [1.54, 1.807) is 28.9 Å². The van der Waals surface area contributed by atoms with Crippen molar-refractivity contribution in [2.75, 3.05) is 18.4 Å². The van der Waals surface area contributed by atoms with Crippen LogP contribution in [-0.2, 0) is 0 Å². The van der Waals surface area contributed by atoms with Gasteiger partial charge in [0, 0.05) is 46.5 Å². The van der Waals surface area contributed by atoms with Gasteiger partial charge in [0.15, 0.2) is 5.65 Å². The summed E-state index contributed by atoms with van der Waals surface area (Å²) in [6, 6.07) is 14.6. The molecular weight excluding hydrogens is 432 g/mol. The summed E-state index contributed by atoms with van der Waals surface area (Å²) in [5.41, 5.74) is 3.90. The van der Waals surface area contributed by atoms with Crippen molar-refractivity contribution < 1.29 is 4.79 Å². The van der Waals surface area contributed by atoms with E-state index in [2.05, 4.69) is 20.7 Å². The molecule has 6 nitrogen and oxygen atoms in total. The van der Waals surface area contributed by atoms with E-state index < -0.39 is 0 Å². The van der Waals surface area contributed by atoms with Gasteiger partial charge in [-0.25, -0.2) is 4.98 Å². The summed E-state index contributed by atoms with van der Waals surface area (Å²) in [6.45, 7) is 2.75. The molecule has 2 heterocycles. The fraction of sp³-hybridized carbons (Fsp3) is 0.136. The summed E-state index contributed by atoms with van der Waals surface area (Å²) in [5, 5.41) is 11.6. The third kappa shape index (κ3) is 4.68. The van der Waals surface area contributed by atoms with E-state index in [9.17, 15) is 4.79 Å². The second-order valence-electron chi connectivity index (χ2n) is 7.04. The molecule has 2 aromatic heterocycles. The number of anilines is 1. The van der Waals surface area contributed by atoms with E-state index in [0.29, 0.717) is 51.3 Å². The molecule has 2 radical (unpaired) electrons. The molecule has 2 N–H and O–H groups in total. The molecular formula is C22H18BCl2N5O. The summed E-state index contributed by atoms with van der Waals surface area (Å²) in [6.07, 6.45) is 1.55. The van der Waals surface area contributed by atoms with Crippen LogP contribution in [0.25, 0.3) is 16.9 Å². The zero-order chi connectivity index (χ0) is 22.0. The second-order valence-corrected chi connectivity index (χ2v) is 7.89. The van der Waals surface area contributed by atoms with Crippen molar-refractivity contribution in [3.63, 3.8) is 0 Å². The monoisotopic (exact) mass is 449 g/mol. The van der Waals surface area contributed by atoms with E-state index >= 15 is 0 Å². The van der Waals surface area contributed by atoms with Crippen LogP contribution in [0.15, 0.2) is 54.7 Å². The summed E-state index contributed by atoms with van der Waals surface area (Å²) in [7, 11) is 6.04. The summed E-state index contributed by atoms with van der Waals surface area (Å²) < 4.78 is 1.62. The minimum Gasteiger partial charge on any atom is -0.368 e. The van der Waals surface area contributed by atoms with Gasteiger partial charge in [-0.3, -0.25) is 4.79 Å². The first-order chi connectivity index (χ1) is 14.9. The lowest BCUT2D eigenvalue weighted by atomic mass is 10.0. The highest BCUT2D eigenvalue weighted by atomic mass is 35.5. The van der Waals surface area contributed by atoms with Gasteiger partial charge in [0.05, 0.1) is 5.69 Å². The molecule has 0 aliphatic rings. The molecule has 0 atom stereocenters. The average Bonchev–Trinajstić information content (AvgIpc) is 3.11. The van der Waals surface area contributed by atoms with E-state index in [1.165, 1.54) is 0 Å². The summed E-state index contributed by atoms with van der Waals surface area (Å²) >= 11 is 12.4. The van der Waals surface area contributed by atoms with Crippen LogP contribution in [0, 0.1) is 6.92 Å². The molecule has 2 aromatic carbocycles. The van der Waals surface area contributed by atoms with Crippen molar-refractivity contribution in [3.05, 3.63) is 75.9 Å². The van der Waals surface area contributed by atoms with E-state index in [0.717, 1.165) is 11.1 Å². The Morgan fingerprint density at radius 3 is 2.71 bits per heavy atom. The molecule has 0 saturated heterocycles. The number of benzene rings is 2. The molecule has 0 unspecified atom stereocenters. The maximum atomic E-state index is 12.4. The lowest BCUT2D eigenvalue weighted by Gasteiger charge is -2.12. The number of amides is 1. The van der Waals surface area contributed by atoms with E-state index in [4.69, 9.17) is 31.0 Å². The van der Waals surface area contributed by atoms with Crippen LogP contribution in [-0.4, -0.2) is 41.4 Å². The molecule has 0 spiro atoms. The molecule has 0 bridgehead atoms. The number of nitrogens with one attached hydrogen (secondary N) is 2. The zero-order valence-corrected chi connectivity index (χ0v) is 18.2. The van der Waals surface area contributed by atoms with Crippen molar-refractivity contribution in [2.45, 2.75) is 6.92 Å². The van der Waals surface area contributed by atoms with Crippen LogP contribution in [0.2, 0.25) is 10.0 Å². The van der Waals surface area contributed by atoms with Crippen LogP contribution in [0.1, 0.15) is 15.9 Å². The molecule has 31 heavy (non-hydrogen) atoms. The summed E-state index contributed by atoms with van der Waals surface area (Å²) in [5.74, 6) is 0.497. The van der Waals surface area contributed by atoms with Gasteiger partial charge in [0.2, 0.25) is 0 Å². The number of hydrogen-bond donors (Lipinski definition) is 2. The van der Waals surface area contributed by atoms with Gasteiger partial charge in [-0.15, -0.1) is 0 Å². The fourth-order valence-corrected chi connectivity index (χ4v) is 3.77. The Balaban J connectivity index is 1.50. The van der Waals surface area contributed by atoms with Gasteiger partial charge >= 0.3 is 0 Å². The first kappa shape index (κ1) is 21.2. The number of aromatic nitrogens is 3. The molecule has 4 aromatic rings. The lowest BCUT2D eigenvalue weighted by Crippen LogP contribution is -2.29. The van der Waals surface area contributed by atoms with Gasteiger partial charge in [-0.1, -0.05) is 41.4 Å². The highest BCUT2D eigenvalue weighted by Gasteiger charge is 2.12. The van der Waals surface area contributed by atoms with Crippen molar-refractivity contribution in [1.29, 1.82) is 0 Å². The molecule has 0 fully saturated rings. The standard InChI is InChI=1S/C22H18BCl2N5O/c1-13-8-14(10-15(24)9-13)22(31)27-7-6-26-20-11-19(16-4-2-3-5-18(16)25)29-21-17(23)12-28-30(20)21/h2-5,8-12,26H,6-7H2,1H3,(H,27,31). The topological polar surface area (TPSA) is 71.3 Å². The van der Waals surface area contributed by atoms with E-state index in [1.807, 2.05) is 37.3 Å². The highest BCUT2D eigenvalue weighted by Crippen LogP contribution is 2.28. The normalized spacial score (nSPS) is 10.9. The fourth-order valence-electron chi connectivity index (χ4n) is 3.25. The van der Waals surface area contributed by atoms with Gasteiger partial charge in [0.1, 0.15) is 13.7 Å². The predicted molar refractivity (Wildman–Crippen MR) is 126 cm³/mol. The van der Waals surface area contributed by atoms with Crippen molar-refractivity contribution >= 4 is 53.9 Å². The minimum absolute atomic E-state index is 0.188. The van der Waals surface area contributed by atoms with Crippen molar-refractivity contribution in [3.8, 4) is 11.3 Å². The molecule has 9 heteroatoms. The average molecular weight is 450 g/mol. The van der Waals surface area contributed by atoms with Crippen LogP contribution in [0.4, 0.5) is 5.82 Å². The largest absolute Gasteiger partial charge is 0.368 e. The van der Waals surface area contributed by atoms with Gasteiger partial charge in [-0.05, 0) is 42.2 Å². The van der Waals surface area contributed by atoms with Gasteiger partial charge < -0.3 is 10.6 Å². The van der Waals surface area contributed by atoms with Gasteiger partial charge in [-0.2, -0.15) is 9.61 Å². The number of carbonyl (C=O) groups is 1. The first-order valence-electron chi connectivity index (χ1n) is 9.61. The van der Waals surface area contributed by atoms with E-state index in [-0.39, 0.29) is 5.91 Å². The number of nitrogens with zero attached hydrogens (tertiary/aromatic N) is 3. The van der Waals surface area contributed by atoms with Crippen molar-refractivity contribution in [1.82, 2.24) is 19.9 Å². The molecule has 0 aliphatic heterocycles. The van der Waals surface area contributed by atoms with Crippen molar-refractivity contribution in [2.24, 2.45) is 0 Å². The van der Waals surface area contributed by atoms with Crippen LogP contribution < -0.4 is 16.1 Å². The minimum atomic E-state index is -0.188. The van der Waals surface area contributed by atoms with Crippen LogP contribution >= 0.6 is 23.2 Å². The number of rotatable bonds is 6. The maximum absolute atomic E-state index is 12.4. The number of aryl methyl sites for hydroxylation is 1. The number of carbonyl (C=O) groups excluding carboxylic acids is 1. The number of fused-ring (bicyclic) bond motifs is 1. The van der Waals surface area contributed by atoms with Gasteiger partial charge in [0.25, 0.3) is 5.91 Å². The third-order valence-electron chi connectivity index (χ3n) is 4.67. The predicted octanol–water partition coefficient (Wildman–Crippen LogP) is 3.65. The SMILES string of the molecule is [B]c1cnn2c(NCCNC(=O)c3cc(C)cc(Cl)c3)cc(-c3ccccc3Cl)nc12. The Labute approximate surface area is 191 Å². The maximum Gasteiger partial charge on any atom is 0.251 e. The quantitative estimate of drug-likeness (QED) is 0.348. The Morgan fingerprint density at radius 2 is 1.94 bits per heavy atom. The molecule has 154 valence electrons. The Kier molecular flexibility index (Phi) is 6.16. The highest BCUT2D eigenvalue weighted by molar-refractivity contribution is 6.36. The summed E-state index contributed by atoms with van der Waals surface area (Å²) in [4.78, 5) is 17.0. The lowest BCUT2D eigenvalue weighted by molar-refractivity contribution is 0.0955. The molecule has 0 saturated carbocycles. The molecule has 0 aliphatic carbocycles. The molecule has 1 amide bonds. The Bertz CT molecular complexity index is 1250. The van der Waals surface area contributed by atoms with Crippen LogP contribution in [0.5, 0.6) is 0 Å². The number of hydrogen-bond acceptors (Lipinski definition) is 4. The smallest absolute Gasteiger partial charge is 0.251 e. The first-order valence-corrected chi connectivity index (χ1v) is 10.4. The van der Waals surface area contributed by atoms with Crippen LogP contribution in [0.3, 0.4) is 0 Å². The second kappa shape index (κ2) is 9.00. The Morgan fingerprint density at radius 1 is 1.13 bits per heavy atom. The molecule has 4 rings (SSSR count). The zero-order valence-electron chi connectivity index (χ0n) is 16.7.